The fraction of sp³-hybridized carbons (Fsp3) is 0.111. The van der Waals surface area contributed by atoms with E-state index < -0.39 is 11.7 Å². The van der Waals surface area contributed by atoms with Gasteiger partial charge in [-0.05, 0) is 43.2 Å². The van der Waals surface area contributed by atoms with Crippen molar-refractivity contribution in [3.63, 3.8) is 0 Å². The molecule has 4 heteroatoms. The Morgan fingerprint density at radius 1 is 1.18 bits per heavy atom. The summed E-state index contributed by atoms with van der Waals surface area (Å²) in [5.74, 6) is -1.03. The lowest BCUT2D eigenvalue weighted by Crippen LogP contribution is -2.14. The van der Waals surface area contributed by atoms with Crippen molar-refractivity contribution in [3.05, 3.63) is 70.5 Å². The number of benzene rings is 2. The van der Waals surface area contributed by atoms with Gasteiger partial charge >= 0.3 is 0 Å². The molecule has 0 atom stereocenters. The first-order valence-electron chi connectivity index (χ1n) is 6.77. The van der Waals surface area contributed by atoms with E-state index in [-0.39, 0.29) is 11.1 Å². The highest BCUT2D eigenvalue weighted by Crippen LogP contribution is 2.19. The number of nitriles is 1. The van der Waals surface area contributed by atoms with Gasteiger partial charge in [-0.2, -0.15) is 5.26 Å². The summed E-state index contributed by atoms with van der Waals surface area (Å²) in [6, 6.07) is 13.3. The Labute approximate surface area is 128 Å². The third-order valence-electron chi connectivity index (χ3n) is 3.42. The van der Waals surface area contributed by atoms with Gasteiger partial charge in [0, 0.05) is 11.3 Å². The Morgan fingerprint density at radius 2 is 1.91 bits per heavy atom. The van der Waals surface area contributed by atoms with E-state index >= 15 is 0 Å². The predicted molar refractivity (Wildman–Crippen MR) is 84.5 cm³/mol. The zero-order valence-corrected chi connectivity index (χ0v) is 12.4. The molecule has 22 heavy (non-hydrogen) atoms. The summed E-state index contributed by atoms with van der Waals surface area (Å²) < 4.78 is 13.6. The normalized spacial score (nSPS) is 10.9. The molecule has 0 heterocycles. The average molecular weight is 294 g/mol. The third kappa shape index (κ3) is 3.39. The van der Waals surface area contributed by atoms with Crippen LogP contribution in [-0.4, -0.2) is 5.91 Å². The van der Waals surface area contributed by atoms with Crippen molar-refractivity contribution >= 4 is 17.7 Å². The number of rotatable bonds is 3. The van der Waals surface area contributed by atoms with Crippen LogP contribution >= 0.6 is 0 Å². The zero-order chi connectivity index (χ0) is 16.1. The van der Waals surface area contributed by atoms with E-state index in [1.54, 1.807) is 18.2 Å². The highest BCUT2D eigenvalue weighted by atomic mass is 19.1. The van der Waals surface area contributed by atoms with E-state index in [0.717, 1.165) is 11.1 Å². The van der Waals surface area contributed by atoms with E-state index in [9.17, 15) is 9.18 Å². The van der Waals surface area contributed by atoms with Gasteiger partial charge in [-0.1, -0.05) is 30.3 Å². The number of hydrogen-bond acceptors (Lipinski definition) is 2. The lowest BCUT2D eigenvalue weighted by molar-refractivity contribution is -0.112. The van der Waals surface area contributed by atoms with Crippen LogP contribution in [0.3, 0.4) is 0 Å². The van der Waals surface area contributed by atoms with Crippen molar-refractivity contribution in [2.24, 2.45) is 0 Å². The molecule has 0 aliphatic carbocycles. The minimum Gasteiger partial charge on any atom is -0.321 e. The molecule has 0 aromatic heterocycles. The number of aryl methyl sites for hydroxylation is 1. The molecular weight excluding hydrogens is 279 g/mol. The Hall–Kier alpha value is -2.93. The largest absolute Gasteiger partial charge is 0.321 e. The number of nitrogens with zero attached hydrogens (tertiary/aromatic N) is 1. The van der Waals surface area contributed by atoms with E-state index in [2.05, 4.69) is 5.32 Å². The fourth-order valence-electron chi connectivity index (χ4n) is 1.97. The summed E-state index contributed by atoms with van der Waals surface area (Å²) in [7, 11) is 0. The second-order valence-electron chi connectivity index (χ2n) is 4.89. The minimum atomic E-state index is -0.556. The molecule has 0 radical (unpaired) electrons. The molecule has 2 rings (SSSR count). The van der Waals surface area contributed by atoms with Crippen LogP contribution in [0, 0.1) is 31.0 Å². The molecule has 3 nitrogen and oxygen atoms in total. The molecule has 0 fully saturated rings. The molecule has 0 spiro atoms. The van der Waals surface area contributed by atoms with E-state index in [4.69, 9.17) is 5.26 Å². The quantitative estimate of drug-likeness (QED) is 0.687. The highest BCUT2D eigenvalue weighted by molar-refractivity contribution is 6.10. The van der Waals surface area contributed by atoms with Crippen LogP contribution in [0.5, 0.6) is 0 Å². The van der Waals surface area contributed by atoms with Gasteiger partial charge in [0.05, 0.1) is 0 Å². The van der Waals surface area contributed by atoms with Crippen molar-refractivity contribution in [3.8, 4) is 6.07 Å². The molecule has 1 N–H and O–H groups in total. The molecule has 2 aromatic carbocycles. The molecule has 0 saturated heterocycles. The van der Waals surface area contributed by atoms with Crippen molar-refractivity contribution in [1.29, 1.82) is 5.26 Å². The van der Waals surface area contributed by atoms with E-state index in [0.29, 0.717) is 5.69 Å². The first kappa shape index (κ1) is 15.5. The average Bonchev–Trinajstić information content (AvgIpc) is 2.51. The Bertz CT molecular complexity index is 788. The molecule has 0 bridgehead atoms. The maximum Gasteiger partial charge on any atom is 0.266 e. The lowest BCUT2D eigenvalue weighted by atomic mass is 10.1. The van der Waals surface area contributed by atoms with Gasteiger partial charge in [-0.15, -0.1) is 0 Å². The maximum atomic E-state index is 13.6. The van der Waals surface area contributed by atoms with Gasteiger partial charge in [-0.25, -0.2) is 4.39 Å². The van der Waals surface area contributed by atoms with Crippen LogP contribution < -0.4 is 5.32 Å². The molecule has 2 aromatic rings. The van der Waals surface area contributed by atoms with Crippen LogP contribution in [0.25, 0.3) is 6.08 Å². The van der Waals surface area contributed by atoms with Crippen LogP contribution in [0.1, 0.15) is 16.7 Å². The SMILES string of the molecule is Cc1cccc(NC(=O)/C(C#N)=C/c2ccccc2F)c1C. The smallest absolute Gasteiger partial charge is 0.266 e. The van der Waals surface area contributed by atoms with Gasteiger partial charge in [0.25, 0.3) is 5.91 Å². The summed E-state index contributed by atoms with van der Waals surface area (Å²) in [4.78, 5) is 12.2. The predicted octanol–water partition coefficient (Wildman–Crippen LogP) is 3.99. The van der Waals surface area contributed by atoms with E-state index in [1.807, 2.05) is 32.0 Å². The van der Waals surface area contributed by atoms with Gasteiger partial charge in [-0.3, -0.25) is 4.79 Å². The number of carbonyl (C=O) groups is 1. The van der Waals surface area contributed by atoms with Crippen molar-refractivity contribution in [2.45, 2.75) is 13.8 Å². The lowest BCUT2D eigenvalue weighted by Gasteiger charge is -2.09. The number of nitrogens with one attached hydrogen (secondary N) is 1. The minimum absolute atomic E-state index is 0.147. The number of amides is 1. The van der Waals surface area contributed by atoms with Crippen LogP contribution in [-0.2, 0) is 4.79 Å². The van der Waals surface area contributed by atoms with Gasteiger partial charge in [0.15, 0.2) is 0 Å². The number of hydrogen-bond donors (Lipinski definition) is 1. The number of carbonyl (C=O) groups excluding carboxylic acids is 1. The van der Waals surface area contributed by atoms with Crippen LogP contribution in [0.4, 0.5) is 10.1 Å². The summed E-state index contributed by atoms with van der Waals surface area (Å²) in [6.45, 7) is 3.82. The number of halogens is 1. The van der Waals surface area contributed by atoms with Crippen molar-refractivity contribution in [1.82, 2.24) is 0 Å². The van der Waals surface area contributed by atoms with Crippen LogP contribution in [0.2, 0.25) is 0 Å². The Morgan fingerprint density at radius 3 is 2.59 bits per heavy atom. The third-order valence-corrected chi connectivity index (χ3v) is 3.42. The molecular formula is C18H15FN2O. The molecule has 1 amide bonds. The zero-order valence-electron chi connectivity index (χ0n) is 12.4. The fourth-order valence-corrected chi connectivity index (χ4v) is 1.97. The summed E-state index contributed by atoms with van der Waals surface area (Å²) >= 11 is 0. The van der Waals surface area contributed by atoms with Crippen LogP contribution in [0.15, 0.2) is 48.0 Å². The first-order chi connectivity index (χ1) is 10.5. The van der Waals surface area contributed by atoms with Gasteiger partial charge in [0.2, 0.25) is 0 Å². The van der Waals surface area contributed by atoms with Crippen molar-refractivity contribution in [2.75, 3.05) is 5.32 Å². The van der Waals surface area contributed by atoms with E-state index in [1.165, 1.54) is 18.2 Å². The second kappa shape index (κ2) is 6.68. The monoisotopic (exact) mass is 294 g/mol. The molecule has 110 valence electrons. The summed E-state index contributed by atoms with van der Waals surface area (Å²) in [5, 5.41) is 11.8. The van der Waals surface area contributed by atoms with Gasteiger partial charge in [0.1, 0.15) is 17.5 Å². The maximum absolute atomic E-state index is 13.6. The molecule has 0 unspecified atom stereocenters. The second-order valence-corrected chi connectivity index (χ2v) is 4.89. The number of anilines is 1. The Balaban J connectivity index is 2.29. The Kier molecular flexibility index (Phi) is 4.70. The topological polar surface area (TPSA) is 52.9 Å². The molecule has 0 aliphatic rings. The molecule has 0 aliphatic heterocycles. The summed E-state index contributed by atoms with van der Waals surface area (Å²) in [5.41, 5.74) is 2.66. The summed E-state index contributed by atoms with van der Waals surface area (Å²) in [6.07, 6.45) is 1.25. The van der Waals surface area contributed by atoms with Crippen molar-refractivity contribution < 1.29 is 9.18 Å². The first-order valence-corrected chi connectivity index (χ1v) is 6.77. The highest BCUT2D eigenvalue weighted by Gasteiger charge is 2.12. The standard InChI is InChI=1S/C18H15FN2O/c1-12-6-5-9-17(13(12)2)21-18(22)15(11-20)10-14-7-3-4-8-16(14)19/h3-10H,1-2H3,(H,21,22)/b15-10+. The van der Waals surface area contributed by atoms with Gasteiger partial charge < -0.3 is 5.32 Å². The molecule has 0 saturated carbocycles.